The molecule has 0 amide bonds. The number of sulfonamides is 1. The Bertz CT molecular complexity index is 1320. The number of benzene rings is 2. The number of fused-ring (bicyclic) bond motifs is 1. The van der Waals surface area contributed by atoms with Crippen LogP contribution in [0.3, 0.4) is 0 Å². The summed E-state index contributed by atoms with van der Waals surface area (Å²) in [5.41, 5.74) is 11.0. The van der Waals surface area contributed by atoms with Crippen molar-refractivity contribution in [3.8, 4) is 11.3 Å². The molecule has 8 heteroatoms. The lowest BCUT2D eigenvalue weighted by Gasteiger charge is -2.10. The van der Waals surface area contributed by atoms with E-state index in [9.17, 15) is 8.42 Å². The van der Waals surface area contributed by atoms with E-state index in [2.05, 4.69) is 9.71 Å². The number of hydrogen-bond acceptors (Lipinski definition) is 4. The monoisotopic (exact) mass is 440 g/mol. The summed E-state index contributed by atoms with van der Waals surface area (Å²) in [5, 5.41) is 1.54. The first-order chi connectivity index (χ1) is 14.3. The zero-order valence-corrected chi connectivity index (χ0v) is 17.9. The molecule has 0 aliphatic rings. The lowest BCUT2D eigenvalue weighted by molar-refractivity contribution is 0.580. The third-order valence-electron chi connectivity index (χ3n) is 4.97. The Morgan fingerprint density at radius 1 is 1.07 bits per heavy atom. The molecule has 0 bridgehead atoms. The number of hydrogen-bond donors (Lipinski definition) is 2. The minimum atomic E-state index is -3.47. The number of rotatable bonds is 6. The highest BCUT2D eigenvalue weighted by atomic mass is 35.5. The smallest absolute Gasteiger partial charge is 0.216 e. The number of nitrogens with two attached hydrogens (primary N) is 1. The minimum absolute atomic E-state index is 0.0716. The molecule has 2 heterocycles. The van der Waals surface area contributed by atoms with Gasteiger partial charge in [-0.25, -0.2) is 13.1 Å². The second kappa shape index (κ2) is 8.10. The van der Waals surface area contributed by atoms with Gasteiger partial charge in [0.05, 0.1) is 22.7 Å². The van der Waals surface area contributed by atoms with Crippen molar-refractivity contribution < 1.29 is 8.42 Å². The van der Waals surface area contributed by atoms with E-state index in [1.807, 2.05) is 48.0 Å². The molecule has 0 saturated carbocycles. The van der Waals surface area contributed by atoms with Crippen LogP contribution in [0, 0.1) is 0 Å². The number of aryl methyl sites for hydroxylation is 1. The van der Waals surface area contributed by atoms with Gasteiger partial charge >= 0.3 is 0 Å². The van der Waals surface area contributed by atoms with Gasteiger partial charge in [-0.3, -0.25) is 4.98 Å². The average Bonchev–Trinajstić information content (AvgIpc) is 2.97. The number of aromatic nitrogens is 2. The molecule has 0 unspecified atom stereocenters. The summed E-state index contributed by atoms with van der Waals surface area (Å²) < 4.78 is 29.4. The standard InChI is InChI=1S/C22H21ClN4O2S/c1-27-20-10-18(23)7-8-19(20)21(24)22(27)17-9-16(11-25-13-17)12-26-30(28,29)14-15-5-3-2-4-6-15/h2-11,13,26H,12,14,24H2,1H3. The van der Waals surface area contributed by atoms with E-state index in [0.717, 1.165) is 33.3 Å². The molecule has 3 N–H and O–H groups in total. The molecule has 0 aliphatic carbocycles. The van der Waals surface area contributed by atoms with Crippen LogP contribution in [0.15, 0.2) is 67.0 Å². The van der Waals surface area contributed by atoms with Crippen molar-refractivity contribution in [3.63, 3.8) is 0 Å². The van der Waals surface area contributed by atoms with Crippen molar-refractivity contribution in [3.05, 3.63) is 83.1 Å². The van der Waals surface area contributed by atoms with E-state index in [1.54, 1.807) is 30.6 Å². The fraction of sp³-hybridized carbons (Fsp3) is 0.136. The molecule has 0 saturated heterocycles. The third kappa shape index (κ3) is 4.18. The van der Waals surface area contributed by atoms with Crippen molar-refractivity contribution in [2.75, 3.05) is 5.73 Å². The summed E-state index contributed by atoms with van der Waals surface area (Å²) in [6.45, 7) is 0.145. The van der Waals surface area contributed by atoms with Crippen LogP contribution in [0.2, 0.25) is 5.02 Å². The summed E-state index contributed by atoms with van der Waals surface area (Å²) in [7, 11) is -1.56. The Morgan fingerprint density at radius 2 is 1.83 bits per heavy atom. The summed E-state index contributed by atoms with van der Waals surface area (Å²) in [6, 6.07) is 16.5. The van der Waals surface area contributed by atoms with Crippen LogP contribution < -0.4 is 10.5 Å². The van der Waals surface area contributed by atoms with Crippen molar-refractivity contribution in [1.29, 1.82) is 0 Å². The van der Waals surface area contributed by atoms with E-state index < -0.39 is 10.0 Å². The molecule has 2 aromatic carbocycles. The predicted octanol–water partition coefficient (Wildman–Crippen LogP) is 4.10. The van der Waals surface area contributed by atoms with Crippen LogP contribution >= 0.6 is 11.6 Å². The maximum absolute atomic E-state index is 12.4. The Hall–Kier alpha value is -2.87. The maximum atomic E-state index is 12.4. The highest BCUT2D eigenvalue weighted by Gasteiger charge is 2.16. The molecule has 154 valence electrons. The van der Waals surface area contributed by atoms with Crippen LogP contribution in [-0.2, 0) is 29.4 Å². The Kier molecular flexibility index (Phi) is 5.51. The molecule has 4 aromatic rings. The first kappa shape index (κ1) is 20.4. The van der Waals surface area contributed by atoms with E-state index in [4.69, 9.17) is 17.3 Å². The summed E-state index contributed by atoms with van der Waals surface area (Å²) in [5.74, 6) is -0.0716. The predicted molar refractivity (Wildman–Crippen MR) is 121 cm³/mol. The molecule has 0 atom stereocenters. The topological polar surface area (TPSA) is 90.0 Å². The Morgan fingerprint density at radius 3 is 2.60 bits per heavy atom. The van der Waals surface area contributed by atoms with Gasteiger partial charge in [0.15, 0.2) is 0 Å². The maximum Gasteiger partial charge on any atom is 0.216 e. The van der Waals surface area contributed by atoms with Gasteiger partial charge in [0.25, 0.3) is 0 Å². The van der Waals surface area contributed by atoms with Gasteiger partial charge in [0.2, 0.25) is 10.0 Å². The molecule has 4 rings (SSSR count). The fourth-order valence-electron chi connectivity index (χ4n) is 3.54. The zero-order chi connectivity index (χ0) is 21.3. The third-order valence-corrected chi connectivity index (χ3v) is 6.50. The second-order valence-corrected chi connectivity index (χ2v) is 9.37. The minimum Gasteiger partial charge on any atom is -0.396 e. The number of nitrogen functional groups attached to an aromatic ring is 1. The van der Waals surface area contributed by atoms with Gasteiger partial charge in [-0.1, -0.05) is 41.9 Å². The summed E-state index contributed by atoms with van der Waals surface area (Å²) >= 11 is 6.13. The van der Waals surface area contributed by atoms with Crippen molar-refractivity contribution in [1.82, 2.24) is 14.3 Å². The van der Waals surface area contributed by atoms with E-state index in [0.29, 0.717) is 10.7 Å². The molecule has 0 spiro atoms. The average molecular weight is 441 g/mol. The molecular weight excluding hydrogens is 420 g/mol. The number of halogens is 1. The van der Waals surface area contributed by atoms with Crippen LogP contribution in [0.25, 0.3) is 22.2 Å². The van der Waals surface area contributed by atoms with Crippen molar-refractivity contribution in [2.45, 2.75) is 12.3 Å². The SMILES string of the molecule is Cn1c(-c2cncc(CNS(=O)(=O)Cc3ccccc3)c2)c(N)c2ccc(Cl)cc21. The van der Waals surface area contributed by atoms with Gasteiger partial charge in [-0.15, -0.1) is 0 Å². The van der Waals surface area contributed by atoms with Crippen LogP contribution in [0.5, 0.6) is 0 Å². The molecule has 6 nitrogen and oxygen atoms in total. The van der Waals surface area contributed by atoms with Crippen molar-refractivity contribution >= 4 is 38.2 Å². The van der Waals surface area contributed by atoms with E-state index in [1.165, 1.54) is 0 Å². The number of nitrogens with zero attached hydrogens (tertiary/aromatic N) is 2. The van der Waals surface area contributed by atoms with Crippen LogP contribution in [0.4, 0.5) is 5.69 Å². The molecule has 30 heavy (non-hydrogen) atoms. The quantitative estimate of drug-likeness (QED) is 0.472. The largest absolute Gasteiger partial charge is 0.396 e. The molecular formula is C22H21ClN4O2S. The highest BCUT2D eigenvalue weighted by Crippen LogP contribution is 2.36. The number of pyridine rings is 1. The molecule has 0 fully saturated rings. The molecule has 0 aliphatic heterocycles. The first-order valence-corrected chi connectivity index (χ1v) is 11.4. The lowest BCUT2D eigenvalue weighted by atomic mass is 10.1. The zero-order valence-electron chi connectivity index (χ0n) is 16.3. The highest BCUT2D eigenvalue weighted by molar-refractivity contribution is 7.88. The Balaban J connectivity index is 1.59. The normalized spacial score (nSPS) is 11.8. The van der Waals surface area contributed by atoms with Gasteiger partial charge in [0, 0.05) is 42.0 Å². The fourth-order valence-corrected chi connectivity index (χ4v) is 4.83. The van der Waals surface area contributed by atoms with Gasteiger partial charge in [-0.2, -0.15) is 0 Å². The lowest BCUT2D eigenvalue weighted by Crippen LogP contribution is -2.24. The number of anilines is 1. The molecule has 2 aromatic heterocycles. The second-order valence-electron chi connectivity index (χ2n) is 7.13. The summed E-state index contributed by atoms with van der Waals surface area (Å²) in [6.07, 6.45) is 3.36. The molecule has 0 radical (unpaired) electrons. The van der Waals surface area contributed by atoms with Crippen LogP contribution in [0.1, 0.15) is 11.1 Å². The van der Waals surface area contributed by atoms with Crippen LogP contribution in [-0.4, -0.2) is 18.0 Å². The Labute approximate surface area is 180 Å². The first-order valence-electron chi connectivity index (χ1n) is 9.33. The van der Waals surface area contributed by atoms with Crippen molar-refractivity contribution in [2.24, 2.45) is 7.05 Å². The van der Waals surface area contributed by atoms with E-state index in [-0.39, 0.29) is 12.3 Å². The summed E-state index contributed by atoms with van der Waals surface area (Å²) in [4.78, 5) is 4.29. The van der Waals surface area contributed by atoms with Gasteiger partial charge in [-0.05, 0) is 35.4 Å². The van der Waals surface area contributed by atoms with E-state index >= 15 is 0 Å². The van der Waals surface area contributed by atoms with Gasteiger partial charge in [0.1, 0.15) is 0 Å². The number of nitrogens with one attached hydrogen (secondary N) is 1. The van der Waals surface area contributed by atoms with Gasteiger partial charge < -0.3 is 10.3 Å².